The summed E-state index contributed by atoms with van der Waals surface area (Å²) in [5.41, 5.74) is 1.68. The third-order valence-corrected chi connectivity index (χ3v) is 7.39. The summed E-state index contributed by atoms with van der Waals surface area (Å²) in [5.74, 6) is -0.509. The molecule has 2 heterocycles. The number of hydrogen-bond donors (Lipinski definition) is 2. The van der Waals surface area contributed by atoms with E-state index in [0.29, 0.717) is 30.9 Å². The summed E-state index contributed by atoms with van der Waals surface area (Å²) in [5, 5.41) is 15.0. The van der Waals surface area contributed by atoms with Crippen molar-refractivity contribution in [3.8, 4) is 0 Å². The van der Waals surface area contributed by atoms with E-state index in [-0.39, 0.29) is 42.9 Å². The molecular formula is C33H38N6O5S. The number of rotatable bonds is 14. The molecular weight excluding hydrogens is 592 g/mol. The Kier molecular flexibility index (Phi) is 11.7. The zero-order valence-corrected chi connectivity index (χ0v) is 26.6. The minimum Gasteiger partial charge on any atom is -0.460 e. The lowest BCUT2D eigenvalue weighted by atomic mass is 10.0. The molecule has 0 saturated heterocycles. The minimum absolute atomic E-state index is 0.106. The van der Waals surface area contributed by atoms with Gasteiger partial charge >= 0.3 is 11.7 Å². The molecule has 2 amide bonds. The van der Waals surface area contributed by atoms with Crippen LogP contribution in [0.4, 0.5) is 10.9 Å². The number of ether oxygens (including phenoxy) is 1. The van der Waals surface area contributed by atoms with Crippen molar-refractivity contribution in [3.63, 3.8) is 0 Å². The number of unbranched alkanes of at least 4 members (excludes halogenated alkanes) is 1. The van der Waals surface area contributed by atoms with E-state index >= 15 is 0 Å². The summed E-state index contributed by atoms with van der Waals surface area (Å²) in [6.07, 6.45) is 4.92. The summed E-state index contributed by atoms with van der Waals surface area (Å²) in [6.45, 7) is 5.96. The number of esters is 1. The van der Waals surface area contributed by atoms with Crippen LogP contribution < -0.4 is 16.3 Å². The number of aromatic nitrogens is 4. The number of nitrogens with one attached hydrogen (secondary N) is 2. The molecule has 236 valence electrons. The van der Waals surface area contributed by atoms with Crippen LogP contribution in [-0.4, -0.2) is 43.1 Å². The Morgan fingerprint density at radius 1 is 0.844 bits per heavy atom. The largest absolute Gasteiger partial charge is 0.460 e. The smallest absolute Gasteiger partial charge is 0.349 e. The minimum atomic E-state index is -0.526. The molecule has 0 atom stereocenters. The van der Waals surface area contributed by atoms with E-state index in [9.17, 15) is 19.2 Å². The van der Waals surface area contributed by atoms with E-state index in [1.165, 1.54) is 15.9 Å². The second-order valence-electron chi connectivity index (χ2n) is 11.6. The highest BCUT2D eigenvalue weighted by atomic mass is 32.1. The van der Waals surface area contributed by atoms with Gasteiger partial charge < -0.3 is 15.4 Å². The summed E-state index contributed by atoms with van der Waals surface area (Å²) >= 11 is 1.34. The number of anilines is 2. The summed E-state index contributed by atoms with van der Waals surface area (Å²) in [4.78, 5) is 53.5. The highest BCUT2D eigenvalue weighted by Crippen LogP contribution is 2.18. The summed E-state index contributed by atoms with van der Waals surface area (Å²) < 4.78 is 6.86. The van der Waals surface area contributed by atoms with Gasteiger partial charge in [-0.15, -0.1) is 10.2 Å². The molecule has 0 spiro atoms. The van der Waals surface area contributed by atoms with Crippen molar-refractivity contribution in [3.05, 3.63) is 99.0 Å². The Balaban J connectivity index is 1.18. The molecule has 2 N–H and O–H groups in total. The summed E-state index contributed by atoms with van der Waals surface area (Å²) in [6, 6.07) is 18.6. The van der Waals surface area contributed by atoms with Crippen molar-refractivity contribution in [1.82, 2.24) is 19.7 Å². The van der Waals surface area contributed by atoms with Crippen LogP contribution in [0.1, 0.15) is 61.7 Å². The normalized spacial score (nSPS) is 11.2. The van der Waals surface area contributed by atoms with E-state index in [4.69, 9.17) is 4.74 Å². The zero-order valence-electron chi connectivity index (χ0n) is 25.7. The topological polar surface area (TPSA) is 145 Å². The van der Waals surface area contributed by atoms with Crippen molar-refractivity contribution in [2.24, 2.45) is 0 Å². The van der Waals surface area contributed by atoms with E-state index in [2.05, 4.69) is 25.8 Å². The lowest BCUT2D eigenvalue weighted by Crippen LogP contribution is -2.25. The molecule has 0 aliphatic carbocycles. The van der Waals surface area contributed by atoms with Crippen LogP contribution in [0.5, 0.6) is 0 Å². The second kappa shape index (κ2) is 15.8. The number of amides is 2. The van der Waals surface area contributed by atoms with Gasteiger partial charge in [0.2, 0.25) is 16.9 Å². The van der Waals surface area contributed by atoms with Crippen molar-refractivity contribution in [1.29, 1.82) is 0 Å². The summed E-state index contributed by atoms with van der Waals surface area (Å²) in [7, 11) is 0. The molecule has 2 aromatic heterocycles. The van der Waals surface area contributed by atoms with Gasteiger partial charge in [-0.25, -0.2) is 4.79 Å². The Morgan fingerprint density at radius 3 is 2.31 bits per heavy atom. The highest BCUT2D eigenvalue weighted by molar-refractivity contribution is 7.15. The first-order chi connectivity index (χ1) is 21.5. The lowest BCUT2D eigenvalue weighted by molar-refractivity contribution is -0.154. The van der Waals surface area contributed by atoms with Crippen LogP contribution in [0.2, 0.25) is 0 Å². The Labute approximate surface area is 266 Å². The molecule has 45 heavy (non-hydrogen) atoms. The van der Waals surface area contributed by atoms with Crippen molar-refractivity contribution >= 4 is 40.1 Å². The fraction of sp³-hybridized carbons (Fsp3) is 0.364. The fourth-order valence-electron chi connectivity index (χ4n) is 4.48. The molecule has 0 aliphatic heterocycles. The van der Waals surface area contributed by atoms with Gasteiger partial charge in [0.15, 0.2) is 0 Å². The quantitative estimate of drug-likeness (QED) is 0.150. The molecule has 2 aromatic carbocycles. The van der Waals surface area contributed by atoms with Crippen LogP contribution in [0.15, 0.2) is 71.7 Å². The number of nitrogens with zero attached hydrogens (tertiary/aromatic N) is 4. The van der Waals surface area contributed by atoms with Crippen molar-refractivity contribution < 1.29 is 19.1 Å². The molecule has 0 bridgehead atoms. The van der Waals surface area contributed by atoms with Crippen LogP contribution in [0, 0.1) is 0 Å². The van der Waals surface area contributed by atoms with Crippen LogP contribution in [-0.2, 0) is 51.3 Å². The van der Waals surface area contributed by atoms with Gasteiger partial charge in [-0.1, -0.05) is 65.9 Å². The maximum Gasteiger partial charge on any atom is 0.349 e. The SMILES string of the molecule is CC(C)(C)OC(=O)CCc1cccc(CC(=O)Nc2ccn(CCCCc3nnc(NC(=O)Cc4ccccc4)s3)c(=O)n2)c1. The van der Waals surface area contributed by atoms with Gasteiger partial charge in [-0.3, -0.25) is 19.0 Å². The van der Waals surface area contributed by atoms with Gasteiger partial charge in [0.1, 0.15) is 16.4 Å². The maximum absolute atomic E-state index is 12.6. The Bertz CT molecular complexity index is 1660. The van der Waals surface area contributed by atoms with E-state index < -0.39 is 11.3 Å². The predicted molar refractivity (Wildman–Crippen MR) is 173 cm³/mol. The third-order valence-electron chi connectivity index (χ3n) is 6.50. The lowest BCUT2D eigenvalue weighted by Gasteiger charge is -2.19. The number of benzene rings is 2. The number of carbonyl (C=O) groups is 3. The highest BCUT2D eigenvalue weighted by Gasteiger charge is 2.16. The molecule has 0 unspecified atom stereocenters. The number of carbonyl (C=O) groups excluding carboxylic acids is 3. The van der Waals surface area contributed by atoms with E-state index in [1.807, 2.05) is 75.4 Å². The van der Waals surface area contributed by atoms with Gasteiger partial charge in [-0.2, -0.15) is 4.98 Å². The molecule has 4 rings (SSSR count). The van der Waals surface area contributed by atoms with Gasteiger partial charge in [0.25, 0.3) is 0 Å². The van der Waals surface area contributed by atoms with Gasteiger partial charge in [-0.05, 0) is 62.8 Å². The number of aryl methyl sites for hydroxylation is 3. The monoisotopic (exact) mass is 630 g/mol. The van der Waals surface area contributed by atoms with Crippen LogP contribution >= 0.6 is 11.3 Å². The molecule has 11 nitrogen and oxygen atoms in total. The predicted octanol–water partition coefficient (Wildman–Crippen LogP) is 4.75. The van der Waals surface area contributed by atoms with Crippen LogP contribution in [0.3, 0.4) is 0 Å². The first kappa shape index (κ1) is 33.2. The average Bonchev–Trinajstić information content (AvgIpc) is 3.41. The van der Waals surface area contributed by atoms with Crippen molar-refractivity contribution in [2.75, 3.05) is 10.6 Å². The molecule has 4 aromatic rings. The van der Waals surface area contributed by atoms with Crippen molar-refractivity contribution in [2.45, 2.75) is 77.9 Å². The van der Waals surface area contributed by atoms with E-state index in [0.717, 1.165) is 28.1 Å². The standard InChI is InChI=1S/C33H38N6O5S/c1-33(2,3)44-30(42)16-15-24-12-9-13-25(20-24)22-27(40)34-26-17-19-39(32(43)35-26)18-8-7-14-29-37-38-31(45-29)36-28(41)21-23-10-5-4-6-11-23/h4-6,9-13,17,19-20H,7-8,14-16,18,21-22H2,1-3H3,(H,36,38,41)(H,34,35,40,43). The van der Waals surface area contributed by atoms with Gasteiger partial charge in [0.05, 0.1) is 12.8 Å². The maximum atomic E-state index is 12.6. The number of hydrogen-bond acceptors (Lipinski definition) is 9. The van der Waals surface area contributed by atoms with Crippen LogP contribution in [0.25, 0.3) is 0 Å². The zero-order chi connectivity index (χ0) is 32.2. The Morgan fingerprint density at radius 2 is 1.56 bits per heavy atom. The second-order valence-corrected chi connectivity index (χ2v) is 12.7. The van der Waals surface area contributed by atoms with Gasteiger partial charge in [0, 0.05) is 25.6 Å². The fourth-order valence-corrected chi connectivity index (χ4v) is 5.28. The molecule has 12 heteroatoms. The third kappa shape index (κ3) is 11.7. The molecule has 0 aliphatic rings. The van der Waals surface area contributed by atoms with E-state index in [1.54, 1.807) is 12.3 Å². The molecule has 0 saturated carbocycles. The first-order valence-electron chi connectivity index (χ1n) is 14.9. The Hall–Kier alpha value is -4.71. The molecule has 0 fully saturated rings. The molecule has 0 radical (unpaired) electrons. The first-order valence-corrected chi connectivity index (χ1v) is 15.7. The average molecular weight is 631 g/mol.